The van der Waals surface area contributed by atoms with E-state index < -0.39 is 5.97 Å². The molecule has 1 aromatic rings. The molecule has 0 spiro atoms. The lowest BCUT2D eigenvalue weighted by Crippen LogP contribution is -2.09. The molecule has 22 heavy (non-hydrogen) atoms. The van der Waals surface area contributed by atoms with Crippen molar-refractivity contribution in [1.82, 2.24) is 0 Å². The molecule has 0 bridgehead atoms. The second kappa shape index (κ2) is 8.32. The van der Waals surface area contributed by atoms with Crippen LogP contribution in [0.15, 0.2) is 30.0 Å². The van der Waals surface area contributed by atoms with E-state index in [1.165, 1.54) is 20.2 Å². The van der Waals surface area contributed by atoms with Crippen LogP contribution in [-0.4, -0.2) is 25.6 Å². The Kier molecular flexibility index (Phi) is 6.44. The Morgan fingerprint density at radius 1 is 1.41 bits per heavy atom. The van der Waals surface area contributed by atoms with Gasteiger partial charge in [-0.1, -0.05) is 0 Å². The van der Waals surface area contributed by atoms with Crippen molar-refractivity contribution < 1.29 is 19.1 Å². The first-order valence-corrected chi connectivity index (χ1v) is 6.51. The molecular weight excluding hydrogens is 286 g/mol. The molecule has 0 saturated heterocycles. The van der Waals surface area contributed by atoms with Gasteiger partial charge in [0.05, 0.1) is 19.4 Å². The zero-order valence-electron chi connectivity index (χ0n) is 12.6. The summed E-state index contributed by atoms with van der Waals surface area (Å²) in [6.45, 7) is 3.23. The summed E-state index contributed by atoms with van der Waals surface area (Å²) in [4.78, 5) is 22.6. The molecule has 1 aromatic carbocycles. The predicted molar refractivity (Wildman–Crippen MR) is 81.2 cm³/mol. The highest BCUT2D eigenvalue weighted by Gasteiger charge is 2.10. The van der Waals surface area contributed by atoms with Gasteiger partial charge in [0.1, 0.15) is 11.8 Å². The molecule has 2 N–H and O–H groups in total. The molecule has 1 rings (SSSR count). The Balaban J connectivity index is 2.96. The number of methoxy groups -OCH3 is 1. The number of carbonyl (C=O) groups is 2. The van der Waals surface area contributed by atoms with Gasteiger partial charge in [0.15, 0.2) is 5.57 Å². The zero-order chi connectivity index (χ0) is 16.5. The molecule has 0 aliphatic carbocycles. The third kappa shape index (κ3) is 4.83. The van der Waals surface area contributed by atoms with Crippen LogP contribution >= 0.6 is 0 Å². The Hall–Kier alpha value is -3.01. The molecule has 0 fully saturated rings. The van der Waals surface area contributed by atoms with E-state index in [0.29, 0.717) is 17.1 Å². The van der Waals surface area contributed by atoms with Crippen molar-refractivity contribution in [2.75, 3.05) is 24.4 Å². The summed E-state index contributed by atoms with van der Waals surface area (Å²) in [7, 11) is 1.49. The smallest absolute Gasteiger partial charge is 0.350 e. The fraction of sp³-hybridized carbons (Fsp3) is 0.267. The molecule has 116 valence electrons. The number of nitrogens with one attached hydrogen (secondary N) is 2. The summed E-state index contributed by atoms with van der Waals surface area (Å²) in [5.74, 6) is -0.445. The highest BCUT2D eigenvalue weighted by atomic mass is 16.5. The lowest BCUT2D eigenvalue weighted by atomic mass is 10.2. The first-order valence-electron chi connectivity index (χ1n) is 6.51. The van der Waals surface area contributed by atoms with Crippen LogP contribution < -0.4 is 15.4 Å². The number of amides is 1. The van der Waals surface area contributed by atoms with Crippen LogP contribution in [0.25, 0.3) is 0 Å². The minimum absolute atomic E-state index is 0.154. The maximum absolute atomic E-state index is 11.5. The average molecular weight is 303 g/mol. The number of hydrogen-bond acceptors (Lipinski definition) is 6. The first-order chi connectivity index (χ1) is 10.5. The van der Waals surface area contributed by atoms with Crippen molar-refractivity contribution in [3.8, 4) is 11.8 Å². The van der Waals surface area contributed by atoms with Gasteiger partial charge in [0.25, 0.3) is 0 Å². The highest BCUT2D eigenvalue weighted by molar-refractivity contribution is 5.93. The van der Waals surface area contributed by atoms with Crippen molar-refractivity contribution in [1.29, 1.82) is 5.26 Å². The summed E-state index contributed by atoms with van der Waals surface area (Å²) in [6, 6.07) is 6.71. The number of nitriles is 1. The van der Waals surface area contributed by atoms with E-state index >= 15 is 0 Å². The quantitative estimate of drug-likeness (QED) is 0.474. The molecule has 0 unspecified atom stereocenters. The van der Waals surface area contributed by atoms with E-state index in [2.05, 4.69) is 10.6 Å². The number of hydrogen-bond donors (Lipinski definition) is 2. The number of benzene rings is 1. The van der Waals surface area contributed by atoms with Crippen LogP contribution in [0.5, 0.6) is 5.75 Å². The molecule has 0 atom stereocenters. The Morgan fingerprint density at radius 3 is 2.68 bits per heavy atom. The van der Waals surface area contributed by atoms with E-state index in [-0.39, 0.29) is 18.1 Å². The SMILES string of the molecule is CCOC(=O)/C(C#N)=C/Nc1ccc(OC)c(NC(C)=O)c1. The summed E-state index contributed by atoms with van der Waals surface area (Å²) in [6.07, 6.45) is 1.25. The molecule has 7 heteroatoms. The van der Waals surface area contributed by atoms with E-state index in [9.17, 15) is 9.59 Å². The number of anilines is 2. The van der Waals surface area contributed by atoms with E-state index in [1.54, 1.807) is 31.2 Å². The van der Waals surface area contributed by atoms with Gasteiger partial charge in [-0.3, -0.25) is 4.79 Å². The minimum atomic E-state index is -0.701. The van der Waals surface area contributed by atoms with Crippen molar-refractivity contribution in [3.05, 3.63) is 30.0 Å². The van der Waals surface area contributed by atoms with Crippen LogP contribution in [0.1, 0.15) is 13.8 Å². The summed E-state index contributed by atoms with van der Waals surface area (Å²) < 4.78 is 9.88. The van der Waals surface area contributed by atoms with E-state index in [0.717, 1.165) is 0 Å². The van der Waals surface area contributed by atoms with Crippen molar-refractivity contribution in [2.24, 2.45) is 0 Å². The molecular formula is C15H17N3O4. The van der Waals surface area contributed by atoms with Crippen LogP contribution in [0.3, 0.4) is 0 Å². The third-order valence-electron chi connectivity index (χ3n) is 2.51. The molecule has 1 amide bonds. The van der Waals surface area contributed by atoms with Crippen LogP contribution in [0, 0.1) is 11.3 Å². The third-order valence-corrected chi connectivity index (χ3v) is 2.51. The second-order valence-corrected chi connectivity index (χ2v) is 4.13. The molecule has 0 aromatic heterocycles. The van der Waals surface area contributed by atoms with Crippen LogP contribution in [-0.2, 0) is 14.3 Å². The van der Waals surface area contributed by atoms with E-state index in [4.69, 9.17) is 14.7 Å². The van der Waals surface area contributed by atoms with Gasteiger partial charge in [0, 0.05) is 18.8 Å². The second-order valence-electron chi connectivity index (χ2n) is 4.13. The minimum Gasteiger partial charge on any atom is -0.495 e. The average Bonchev–Trinajstić information content (AvgIpc) is 2.48. The largest absolute Gasteiger partial charge is 0.495 e. The van der Waals surface area contributed by atoms with Gasteiger partial charge in [0.2, 0.25) is 5.91 Å². The lowest BCUT2D eigenvalue weighted by molar-refractivity contribution is -0.138. The lowest BCUT2D eigenvalue weighted by Gasteiger charge is -2.11. The van der Waals surface area contributed by atoms with Crippen molar-refractivity contribution in [2.45, 2.75) is 13.8 Å². The zero-order valence-corrected chi connectivity index (χ0v) is 12.6. The van der Waals surface area contributed by atoms with Gasteiger partial charge in [-0.15, -0.1) is 0 Å². The summed E-state index contributed by atoms with van der Waals surface area (Å²) in [5.41, 5.74) is 0.892. The normalized spacial score (nSPS) is 10.4. The number of esters is 1. The number of ether oxygens (including phenoxy) is 2. The first kappa shape index (κ1) is 17.0. The van der Waals surface area contributed by atoms with Crippen LogP contribution in [0.2, 0.25) is 0 Å². The van der Waals surface area contributed by atoms with Crippen LogP contribution in [0.4, 0.5) is 11.4 Å². The highest BCUT2D eigenvalue weighted by Crippen LogP contribution is 2.27. The maximum Gasteiger partial charge on any atom is 0.350 e. The predicted octanol–water partition coefficient (Wildman–Crippen LogP) is 2.04. The fourth-order valence-corrected chi connectivity index (χ4v) is 1.59. The molecule has 0 radical (unpaired) electrons. The van der Waals surface area contributed by atoms with Gasteiger partial charge in [-0.05, 0) is 25.1 Å². The molecule has 0 saturated carbocycles. The molecule has 7 nitrogen and oxygen atoms in total. The topological polar surface area (TPSA) is 100 Å². The summed E-state index contributed by atoms with van der Waals surface area (Å²) in [5, 5.41) is 14.4. The number of carbonyl (C=O) groups excluding carboxylic acids is 2. The fourth-order valence-electron chi connectivity index (χ4n) is 1.59. The molecule has 0 heterocycles. The van der Waals surface area contributed by atoms with E-state index in [1.807, 2.05) is 0 Å². The van der Waals surface area contributed by atoms with Crippen molar-refractivity contribution in [3.63, 3.8) is 0 Å². The monoisotopic (exact) mass is 303 g/mol. The van der Waals surface area contributed by atoms with Gasteiger partial charge in [-0.2, -0.15) is 5.26 Å². The standard InChI is InChI=1S/C15H17N3O4/c1-4-22-15(20)11(8-16)9-17-12-5-6-14(21-3)13(7-12)18-10(2)19/h5-7,9,17H,4H2,1-3H3,(H,18,19)/b11-9+. The molecule has 0 aliphatic rings. The maximum atomic E-state index is 11.5. The number of rotatable bonds is 6. The van der Waals surface area contributed by atoms with Gasteiger partial charge < -0.3 is 20.1 Å². The van der Waals surface area contributed by atoms with Gasteiger partial charge in [-0.25, -0.2) is 4.79 Å². The Labute approximate surface area is 128 Å². The molecule has 0 aliphatic heterocycles. The number of nitrogens with zero attached hydrogens (tertiary/aromatic N) is 1. The van der Waals surface area contributed by atoms with Gasteiger partial charge >= 0.3 is 5.97 Å². The Bertz CT molecular complexity index is 632. The Morgan fingerprint density at radius 2 is 2.14 bits per heavy atom. The van der Waals surface area contributed by atoms with Crippen molar-refractivity contribution >= 4 is 23.3 Å². The summed E-state index contributed by atoms with van der Waals surface area (Å²) >= 11 is 0.